The number of hydrogen-bond donors (Lipinski definition) is 1. The lowest BCUT2D eigenvalue weighted by Crippen LogP contribution is -2.35. The molecule has 3 aromatic rings. The van der Waals surface area contributed by atoms with Gasteiger partial charge in [0.15, 0.2) is 0 Å². The Balaban J connectivity index is 2.14. The van der Waals surface area contributed by atoms with Crippen molar-refractivity contribution in [2.24, 2.45) is 0 Å². The van der Waals surface area contributed by atoms with E-state index in [1.807, 2.05) is 25.1 Å². The van der Waals surface area contributed by atoms with Gasteiger partial charge in [-0.3, -0.25) is 0 Å². The van der Waals surface area contributed by atoms with Gasteiger partial charge in [-0.25, -0.2) is 9.97 Å². The van der Waals surface area contributed by atoms with Crippen LogP contribution < -0.4 is 5.32 Å². The van der Waals surface area contributed by atoms with E-state index in [0.29, 0.717) is 0 Å². The van der Waals surface area contributed by atoms with Gasteiger partial charge in [0.05, 0.1) is 39.5 Å². The zero-order valence-electron chi connectivity index (χ0n) is 11.2. The van der Waals surface area contributed by atoms with Gasteiger partial charge in [-0.15, -0.1) is 11.3 Å². The first-order valence-electron chi connectivity index (χ1n) is 6.17. The minimum absolute atomic E-state index is 0.126. The normalized spacial score (nSPS) is 12.2. The average Bonchev–Trinajstić information content (AvgIpc) is 3.06. The molecule has 0 radical (unpaired) electrons. The summed E-state index contributed by atoms with van der Waals surface area (Å²) < 4.78 is 3.31. The van der Waals surface area contributed by atoms with Gasteiger partial charge in [0.2, 0.25) is 0 Å². The van der Waals surface area contributed by atoms with E-state index in [1.165, 1.54) is 4.70 Å². The van der Waals surface area contributed by atoms with Crippen LogP contribution in [-0.2, 0) is 5.54 Å². The summed E-state index contributed by atoms with van der Waals surface area (Å²) >= 11 is 1.66. The molecule has 3 rings (SSSR count). The molecule has 0 aliphatic rings. The SMILES string of the molecule is CNC(C)(C)c1cncn1-c1ccc2ncsc2c1. The molecule has 0 aliphatic heterocycles. The Morgan fingerprint density at radius 3 is 2.95 bits per heavy atom. The van der Waals surface area contributed by atoms with Gasteiger partial charge in [0, 0.05) is 5.69 Å². The summed E-state index contributed by atoms with van der Waals surface area (Å²) in [5.74, 6) is 0. The topological polar surface area (TPSA) is 42.7 Å². The minimum atomic E-state index is -0.126. The largest absolute Gasteiger partial charge is 0.310 e. The molecule has 4 nitrogen and oxygen atoms in total. The van der Waals surface area contributed by atoms with Gasteiger partial charge in [-0.05, 0) is 39.1 Å². The Kier molecular flexibility index (Phi) is 2.88. The van der Waals surface area contributed by atoms with E-state index in [0.717, 1.165) is 16.9 Å². The predicted octanol–water partition coefficient (Wildman–Crippen LogP) is 2.94. The summed E-state index contributed by atoms with van der Waals surface area (Å²) in [5.41, 5.74) is 5.05. The fourth-order valence-electron chi connectivity index (χ4n) is 2.08. The molecule has 2 aromatic heterocycles. The smallest absolute Gasteiger partial charge is 0.0994 e. The molecule has 0 spiro atoms. The Labute approximate surface area is 116 Å². The van der Waals surface area contributed by atoms with Crippen molar-refractivity contribution in [1.29, 1.82) is 0 Å². The quantitative estimate of drug-likeness (QED) is 0.797. The summed E-state index contributed by atoms with van der Waals surface area (Å²) in [6.45, 7) is 4.29. The van der Waals surface area contributed by atoms with Crippen LogP contribution in [0.15, 0.2) is 36.2 Å². The van der Waals surface area contributed by atoms with E-state index < -0.39 is 0 Å². The Morgan fingerprint density at radius 1 is 1.32 bits per heavy atom. The number of rotatable bonds is 3. The van der Waals surface area contributed by atoms with Crippen LogP contribution in [0.2, 0.25) is 0 Å². The molecule has 0 fully saturated rings. The van der Waals surface area contributed by atoms with Crippen molar-refractivity contribution in [2.45, 2.75) is 19.4 Å². The summed E-state index contributed by atoms with van der Waals surface area (Å²) in [7, 11) is 1.96. The van der Waals surface area contributed by atoms with Crippen LogP contribution in [0.4, 0.5) is 0 Å². The van der Waals surface area contributed by atoms with E-state index in [2.05, 4.69) is 51.9 Å². The van der Waals surface area contributed by atoms with Crippen LogP contribution in [0.3, 0.4) is 0 Å². The van der Waals surface area contributed by atoms with Gasteiger partial charge < -0.3 is 9.88 Å². The second-order valence-corrected chi connectivity index (χ2v) is 5.91. The van der Waals surface area contributed by atoms with Crippen molar-refractivity contribution in [2.75, 3.05) is 7.05 Å². The van der Waals surface area contributed by atoms with Crippen LogP contribution in [-0.4, -0.2) is 21.6 Å². The first-order valence-corrected chi connectivity index (χ1v) is 7.05. The molecule has 0 unspecified atom stereocenters. The fourth-order valence-corrected chi connectivity index (χ4v) is 2.80. The summed E-state index contributed by atoms with van der Waals surface area (Å²) in [5, 5.41) is 3.32. The molecule has 0 saturated heterocycles. The highest BCUT2D eigenvalue weighted by atomic mass is 32.1. The van der Waals surface area contributed by atoms with Gasteiger partial charge in [0.1, 0.15) is 0 Å². The van der Waals surface area contributed by atoms with Crippen molar-refractivity contribution in [3.8, 4) is 5.69 Å². The fraction of sp³-hybridized carbons (Fsp3) is 0.286. The summed E-state index contributed by atoms with van der Waals surface area (Å²) in [6.07, 6.45) is 3.77. The van der Waals surface area contributed by atoms with Crippen molar-refractivity contribution in [3.05, 3.63) is 41.9 Å². The van der Waals surface area contributed by atoms with Crippen LogP contribution in [0.5, 0.6) is 0 Å². The van der Waals surface area contributed by atoms with Crippen LogP contribution in [0.1, 0.15) is 19.5 Å². The Bertz CT molecular complexity index is 711. The van der Waals surface area contributed by atoms with Gasteiger partial charge in [0.25, 0.3) is 0 Å². The van der Waals surface area contributed by atoms with E-state index >= 15 is 0 Å². The van der Waals surface area contributed by atoms with Crippen molar-refractivity contribution < 1.29 is 0 Å². The lowest BCUT2D eigenvalue weighted by Gasteiger charge is -2.25. The highest BCUT2D eigenvalue weighted by molar-refractivity contribution is 7.16. The number of thiazole rings is 1. The van der Waals surface area contributed by atoms with Gasteiger partial charge in [-0.2, -0.15) is 0 Å². The molecule has 0 amide bonds. The van der Waals surface area contributed by atoms with Crippen LogP contribution in [0, 0.1) is 0 Å². The highest BCUT2D eigenvalue weighted by Crippen LogP contribution is 2.26. The lowest BCUT2D eigenvalue weighted by atomic mass is 10.0. The Hall–Kier alpha value is -1.72. The number of benzene rings is 1. The van der Waals surface area contributed by atoms with Gasteiger partial charge >= 0.3 is 0 Å². The zero-order chi connectivity index (χ0) is 13.5. The third kappa shape index (κ3) is 2.05. The number of nitrogens with one attached hydrogen (secondary N) is 1. The average molecular weight is 272 g/mol. The molecule has 2 heterocycles. The van der Waals surface area contributed by atoms with Crippen molar-refractivity contribution in [3.63, 3.8) is 0 Å². The molecular formula is C14H16N4S. The number of nitrogens with zero attached hydrogens (tertiary/aromatic N) is 3. The van der Waals surface area contributed by atoms with Crippen molar-refractivity contribution >= 4 is 21.6 Å². The predicted molar refractivity (Wildman–Crippen MR) is 78.8 cm³/mol. The third-order valence-corrected chi connectivity index (χ3v) is 4.29. The van der Waals surface area contributed by atoms with Crippen LogP contribution in [0.25, 0.3) is 15.9 Å². The second kappa shape index (κ2) is 4.43. The molecule has 0 bridgehead atoms. The molecule has 1 N–H and O–H groups in total. The Morgan fingerprint density at radius 2 is 2.16 bits per heavy atom. The van der Waals surface area contributed by atoms with Gasteiger partial charge in [-0.1, -0.05) is 0 Å². The lowest BCUT2D eigenvalue weighted by molar-refractivity contribution is 0.425. The minimum Gasteiger partial charge on any atom is -0.310 e. The van der Waals surface area contributed by atoms with E-state index in [9.17, 15) is 0 Å². The molecule has 1 aromatic carbocycles. The number of fused-ring (bicyclic) bond motifs is 1. The highest BCUT2D eigenvalue weighted by Gasteiger charge is 2.22. The first-order chi connectivity index (χ1) is 9.12. The standard InChI is InChI=1S/C14H16N4S/c1-14(2,15-3)13-7-16-8-18(13)10-4-5-11-12(6-10)19-9-17-11/h4-9,15H,1-3H3. The van der Waals surface area contributed by atoms with E-state index in [4.69, 9.17) is 0 Å². The molecule has 0 aliphatic carbocycles. The maximum atomic E-state index is 4.31. The molecule has 19 heavy (non-hydrogen) atoms. The zero-order valence-corrected chi connectivity index (χ0v) is 12.0. The van der Waals surface area contributed by atoms with E-state index in [-0.39, 0.29) is 5.54 Å². The number of hydrogen-bond acceptors (Lipinski definition) is 4. The maximum absolute atomic E-state index is 4.31. The molecule has 5 heteroatoms. The molecule has 0 saturated carbocycles. The molecule has 0 atom stereocenters. The number of imidazole rings is 1. The molecule has 98 valence electrons. The third-order valence-electron chi connectivity index (χ3n) is 3.50. The number of aromatic nitrogens is 3. The monoisotopic (exact) mass is 272 g/mol. The van der Waals surface area contributed by atoms with Crippen molar-refractivity contribution in [1.82, 2.24) is 19.9 Å². The molecular weight excluding hydrogens is 256 g/mol. The summed E-state index contributed by atoms with van der Waals surface area (Å²) in [4.78, 5) is 8.60. The van der Waals surface area contributed by atoms with E-state index in [1.54, 1.807) is 11.3 Å². The van der Waals surface area contributed by atoms with Crippen LogP contribution >= 0.6 is 11.3 Å². The maximum Gasteiger partial charge on any atom is 0.0994 e. The second-order valence-electron chi connectivity index (χ2n) is 5.03. The first kappa shape index (κ1) is 12.3. The summed E-state index contributed by atoms with van der Waals surface area (Å²) in [6, 6.07) is 6.29.